The van der Waals surface area contributed by atoms with E-state index in [0.717, 1.165) is 30.9 Å². The largest absolute Gasteiger partial charge is 0.369 e. The van der Waals surface area contributed by atoms with Gasteiger partial charge in [-0.1, -0.05) is 6.07 Å². The van der Waals surface area contributed by atoms with E-state index in [4.69, 9.17) is 0 Å². The highest BCUT2D eigenvalue weighted by molar-refractivity contribution is 7.13. The number of fused-ring (bicyclic) bond motifs is 2. The van der Waals surface area contributed by atoms with Crippen LogP contribution in [0.4, 0.5) is 5.69 Å². The molecular weight excluding hydrogens is 278 g/mol. The average molecular weight is 299 g/mol. The summed E-state index contributed by atoms with van der Waals surface area (Å²) in [6.07, 6.45) is 6.05. The van der Waals surface area contributed by atoms with Gasteiger partial charge < -0.3 is 4.90 Å². The third-order valence-electron chi connectivity index (χ3n) is 5.04. The van der Waals surface area contributed by atoms with Gasteiger partial charge in [-0.25, -0.2) is 0 Å². The number of likely N-dealkylation sites (N-methyl/N-ethyl adjacent to an activating group) is 1. The molecule has 110 valence electrons. The van der Waals surface area contributed by atoms with Gasteiger partial charge in [-0.2, -0.15) is 0 Å². The molecule has 2 aromatic rings. The summed E-state index contributed by atoms with van der Waals surface area (Å²) in [5, 5.41) is 2.10. The Balaban J connectivity index is 1.54. The minimum Gasteiger partial charge on any atom is -0.369 e. The van der Waals surface area contributed by atoms with Crippen LogP contribution in [-0.2, 0) is 0 Å². The maximum Gasteiger partial charge on any atom is 0.0803 e. The average Bonchev–Trinajstić information content (AvgIpc) is 3.09. The first kappa shape index (κ1) is 13.3. The predicted octanol–water partition coefficient (Wildman–Crippen LogP) is 3.48. The van der Waals surface area contributed by atoms with E-state index in [-0.39, 0.29) is 0 Å². The van der Waals surface area contributed by atoms with Gasteiger partial charge >= 0.3 is 0 Å². The molecule has 2 fully saturated rings. The summed E-state index contributed by atoms with van der Waals surface area (Å²) in [5.74, 6) is 0. The molecule has 0 aromatic carbocycles. The van der Waals surface area contributed by atoms with Gasteiger partial charge in [0.25, 0.3) is 0 Å². The molecule has 0 aliphatic carbocycles. The highest BCUT2D eigenvalue weighted by Crippen LogP contribution is 2.31. The van der Waals surface area contributed by atoms with E-state index in [1.807, 2.05) is 6.20 Å². The lowest BCUT2D eigenvalue weighted by atomic mass is 10.1. The first-order valence-corrected chi connectivity index (χ1v) is 8.66. The Morgan fingerprint density at radius 2 is 2.05 bits per heavy atom. The van der Waals surface area contributed by atoms with Crippen LogP contribution in [0.25, 0.3) is 10.6 Å². The lowest BCUT2D eigenvalue weighted by Crippen LogP contribution is -2.36. The fourth-order valence-electron chi connectivity index (χ4n) is 3.69. The van der Waals surface area contributed by atoms with Gasteiger partial charge in [0.05, 0.1) is 22.5 Å². The van der Waals surface area contributed by atoms with Crippen LogP contribution in [0.2, 0.25) is 0 Å². The quantitative estimate of drug-likeness (QED) is 0.846. The van der Waals surface area contributed by atoms with Gasteiger partial charge in [0.15, 0.2) is 0 Å². The summed E-state index contributed by atoms with van der Waals surface area (Å²) in [7, 11) is 2.30. The van der Waals surface area contributed by atoms with Gasteiger partial charge in [0.2, 0.25) is 0 Å². The third-order valence-corrected chi connectivity index (χ3v) is 5.93. The Morgan fingerprint density at radius 1 is 1.14 bits per heavy atom. The maximum absolute atomic E-state index is 4.66. The number of hydrogen-bond donors (Lipinski definition) is 0. The molecule has 0 saturated carbocycles. The summed E-state index contributed by atoms with van der Waals surface area (Å²) >= 11 is 1.75. The zero-order chi connectivity index (χ0) is 14.2. The first-order chi connectivity index (χ1) is 10.3. The molecule has 0 N–H and O–H groups in total. The summed E-state index contributed by atoms with van der Waals surface area (Å²) in [4.78, 5) is 11.0. The molecule has 2 aromatic heterocycles. The smallest absolute Gasteiger partial charge is 0.0803 e. The van der Waals surface area contributed by atoms with Crippen molar-refractivity contribution in [2.75, 3.05) is 25.0 Å². The standard InChI is InChI=1S/C17H21N3S/c1-19-13-4-5-15(19)12-20(9-8-13)14-6-7-16(18-11-14)17-3-2-10-21-17/h2-3,6-7,10-11,13,15H,4-5,8-9,12H2,1H3. The zero-order valence-corrected chi connectivity index (χ0v) is 13.2. The topological polar surface area (TPSA) is 19.4 Å². The first-order valence-electron chi connectivity index (χ1n) is 7.78. The molecule has 4 heterocycles. The maximum atomic E-state index is 4.66. The number of rotatable bonds is 2. The second-order valence-corrected chi connectivity index (χ2v) is 7.11. The van der Waals surface area contributed by atoms with Gasteiger partial charge in [0, 0.05) is 25.2 Å². The van der Waals surface area contributed by atoms with Crippen LogP contribution in [0.3, 0.4) is 0 Å². The fourth-order valence-corrected chi connectivity index (χ4v) is 4.39. The molecule has 21 heavy (non-hydrogen) atoms. The highest BCUT2D eigenvalue weighted by atomic mass is 32.1. The molecule has 2 unspecified atom stereocenters. The molecule has 0 amide bonds. The second kappa shape index (κ2) is 5.43. The third kappa shape index (κ3) is 2.47. The van der Waals surface area contributed by atoms with Crippen molar-refractivity contribution in [3.8, 4) is 10.6 Å². The lowest BCUT2D eigenvalue weighted by Gasteiger charge is -2.27. The molecule has 2 atom stereocenters. The molecule has 4 heteroatoms. The lowest BCUT2D eigenvalue weighted by molar-refractivity contribution is 0.254. The van der Waals surface area contributed by atoms with Crippen LogP contribution in [0.5, 0.6) is 0 Å². The minimum atomic E-state index is 0.717. The van der Waals surface area contributed by atoms with E-state index in [1.165, 1.54) is 29.8 Å². The van der Waals surface area contributed by atoms with Crippen molar-refractivity contribution in [3.63, 3.8) is 0 Å². The van der Waals surface area contributed by atoms with E-state index in [9.17, 15) is 0 Å². The van der Waals surface area contributed by atoms with Crippen LogP contribution in [-0.4, -0.2) is 42.1 Å². The number of hydrogen-bond acceptors (Lipinski definition) is 4. The monoisotopic (exact) mass is 299 g/mol. The van der Waals surface area contributed by atoms with Crippen LogP contribution >= 0.6 is 11.3 Å². The fraction of sp³-hybridized carbons (Fsp3) is 0.471. The molecule has 2 aliphatic rings. The number of anilines is 1. The molecule has 2 aliphatic heterocycles. The minimum absolute atomic E-state index is 0.717. The van der Waals surface area contributed by atoms with Crippen molar-refractivity contribution >= 4 is 17.0 Å². The summed E-state index contributed by atoms with van der Waals surface area (Å²) in [6, 6.07) is 10.1. The Morgan fingerprint density at radius 3 is 2.81 bits per heavy atom. The van der Waals surface area contributed by atoms with Crippen molar-refractivity contribution in [3.05, 3.63) is 35.8 Å². The molecule has 0 spiro atoms. The van der Waals surface area contributed by atoms with E-state index >= 15 is 0 Å². The van der Waals surface area contributed by atoms with Gasteiger partial charge in [0.1, 0.15) is 0 Å². The van der Waals surface area contributed by atoms with Gasteiger partial charge in [-0.05, 0) is 49.9 Å². The number of nitrogens with zero attached hydrogens (tertiary/aromatic N) is 3. The summed E-state index contributed by atoms with van der Waals surface area (Å²) in [5.41, 5.74) is 2.36. The Kier molecular flexibility index (Phi) is 3.43. The van der Waals surface area contributed by atoms with E-state index in [2.05, 4.69) is 51.5 Å². The Labute approximate surface area is 130 Å². The van der Waals surface area contributed by atoms with Crippen LogP contribution in [0.15, 0.2) is 35.8 Å². The van der Waals surface area contributed by atoms with Crippen LogP contribution < -0.4 is 4.90 Å². The molecule has 4 rings (SSSR count). The Hall–Kier alpha value is -1.39. The van der Waals surface area contributed by atoms with Crippen LogP contribution in [0.1, 0.15) is 19.3 Å². The summed E-state index contributed by atoms with van der Waals surface area (Å²) < 4.78 is 0. The molecule has 0 radical (unpaired) electrons. The van der Waals surface area contributed by atoms with Gasteiger partial charge in [-0.3, -0.25) is 9.88 Å². The number of aromatic nitrogens is 1. The van der Waals surface area contributed by atoms with Crippen molar-refractivity contribution in [1.82, 2.24) is 9.88 Å². The van der Waals surface area contributed by atoms with E-state index in [0.29, 0.717) is 0 Å². The number of thiophene rings is 1. The van der Waals surface area contributed by atoms with E-state index in [1.54, 1.807) is 11.3 Å². The number of pyridine rings is 1. The Bertz CT molecular complexity index is 593. The predicted molar refractivity (Wildman–Crippen MR) is 89.0 cm³/mol. The molecule has 3 nitrogen and oxygen atoms in total. The highest BCUT2D eigenvalue weighted by Gasteiger charge is 2.34. The molecular formula is C17H21N3S. The van der Waals surface area contributed by atoms with Crippen molar-refractivity contribution < 1.29 is 0 Å². The van der Waals surface area contributed by atoms with Gasteiger partial charge in [-0.15, -0.1) is 11.3 Å². The molecule has 2 bridgehead atoms. The molecule has 2 saturated heterocycles. The second-order valence-electron chi connectivity index (χ2n) is 6.16. The van der Waals surface area contributed by atoms with Crippen molar-refractivity contribution in [2.24, 2.45) is 0 Å². The SMILES string of the molecule is CN1C2CCC1CN(c1ccc(-c3cccs3)nc1)CC2. The zero-order valence-electron chi connectivity index (χ0n) is 12.4. The normalized spacial score (nSPS) is 26.0. The van der Waals surface area contributed by atoms with Crippen molar-refractivity contribution in [1.29, 1.82) is 0 Å². The summed E-state index contributed by atoms with van der Waals surface area (Å²) in [6.45, 7) is 2.30. The van der Waals surface area contributed by atoms with Crippen LogP contribution in [0, 0.1) is 0 Å². The van der Waals surface area contributed by atoms with E-state index < -0.39 is 0 Å². The van der Waals surface area contributed by atoms with Crippen molar-refractivity contribution in [2.45, 2.75) is 31.3 Å².